The summed E-state index contributed by atoms with van der Waals surface area (Å²) in [6.45, 7) is 1.02. The van der Waals surface area contributed by atoms with Gasteiger partial charge in [0.1, 0.15) is 6.04 Å². The maximum atomic E-state index is 11.9. The minimum absolute atomic E-state index is 0.0602. The molecule has 1 rings (SSSR count). The van der Waals surface area contributed by atoms with Crippen molar-refractivity contribution in [2.24, 2.45) is 0 Å². The fraction of sp³-hybridized carbons (Fsp3) is 0.462. The number of carboxylic acid groups (broad SMARTS) is 1. The quantitative estimate of drug-likeness (QED) is 0.549. The van der Waals surface area contributed by atoms with Gasteiger partial charge in [0.2, 0.25) is 11.8 Å². The van der Waals surface area contributed by atoms with Crippen molar-refractivity contribution in [3.63, 3.8) is 0 Å². The van der Waals surface area contributed by atoms with Gasteiger partial charge in [-0.05, 0) is 11.4 Å². The van der Waals surface area contributed by atoms with Crippen molar-refractivity contribution in [3.8, 4) is 0 Å². The van der Waals surface area contributed by atoms with Crippen LogP contribution in [0.4, 0.5) is 0 Å². The number of rotatable bonds is 8. The molecular formula is C13H18N2O5S. The molecule has 0 bridgehead atoms. The SMILES string of the molecule is CC(=O)NC(CC(=O)N[C@@H](CCO)C(=O)O)c1cccs1. The number of carbonyl (C=O) groups is 3. The molecule has 0 saturated heterocycles. The molecule has 7 nitrogen and oxygen atoms in total. The van der Waals surface area contributed by atoms with Crippen LogP contribution < -0.4 is 10.6 Å². The van der Waals surface area contributed by atoms with E-state index in [1.54, 1.807) is 12.1 Å². The number of carbonyl (C=O) groups excluding carboxylic acids is 2. The number of amides is 2. The zero-order valence-corrected chi connectivity index (χ0v) is 12.4. The Balaban J connectivity index is 2.67. The van der Waals surface area contributed by atoms with Gasteiger partial charge in [-0.1, -0.05) is 6.07 Å². The summed E-state index contributed by atoms with van der Waals surface area (Å²) in [5.74, 6) is -1.97. The van der Waals surface area contributed by atoms with Crippen molar-refractivity contribution in [3.05, 3.63) is 22.4 Å². The van der Waals surface area contributed by atoms with E-state index in [4.69, 9.17) is 10.2 Å². The molecule has 0 aliphatic carbocycles. The standard InChI is InChI=1S/C13H18N2O5S/c1-8(17)14-10(11-3-2-6-21-11)7-12(18)15-9(4-5-16)13(19)20/h2-3,6,9-10,16H,4-5,7H2,1H3,(H,14,17)(H,15,18)(H,19,20)/t9-,10?/m0/s1. The molecule has 0 spiro atoms. The predicted octanol–water partition coefficient (Wildman–Crippen LogP) is 0.267. The molecule has 2 amide bonds. The highest BCUT2D eigenvalue weighted by Gasteiger charge is 2.23. The number of aliphatic carboxylic acids is 1. The van der Waals surface area contributed by atoms with Crippen LogP contribution in [0.1, 0.15) is 30.7 Å². The lowest BCUT2D eigenvalue weighted by atomic mass is 10.1. The number of thiophene rings is 1. The van der Waals surface area contributed by atoms with Crippen LogP contribution in [0.2, 0.25) is 0 Å². The lowest BCUT2D eigenvalue weighted by Crippen LogP contribution is -2.42. The number of aliphatic hydroxyl groups is 1. The second-order valence-electron chi connectivity index (χ2n) is 4.44. The van der Waals surface area contributed by atoms with Crippen LogP contribution in [0.15, 0.2) is 17.5 Å². The van der Waals surface area contributed by atoms with Crippen molar-refractivity contribution >= 4 is 29.1 Å². The van der Waals surface area contributed by atoms with E-state index in [0.717, 1.165) is 4.88 Å². The molecule has 0 saturated carbocycles. The van der Waals surface area contributed by atoms with Gasteiger partial charge < -0.3 is 20.8 Å². The summed E-state index contributed by atoms with van der Waals surface area (Å²) in [5.41, 5.74) is 0. The van der Waals surface area contributed by atoms with Crippen molar-refractivity contribution in [1.82, 2.24) is 10.6 Å². The molecule has 2 atom stereocenters. The molecule has 1 heterocycles. The minimum atomic E-state index is -1.20. The number of hydrogen-bond acceptors (Lipinski definition) is 5. The summed E-state index contributed by atoms with van der Waals surface area (Å²) >= 11 is 1.40. The van der Waals surface area contributed by atoms with E-state index in [-0.39, 0.29) is 25.4 Å². The van der Waals surface area contributed by atoms with E-state index >= 15 is 0 Å². The van der Waals surface area contributed by atoms with Gasteiger partial charge in [-0.25, -0.2) is 4.79 Å². The Morgan fingerprint density at radius 1 is 1.33 bits per heavy atom. The molecule has 8 heteroatoms. The Kier molecular flexibility index (Phi) is 6.83. The van der Waals surface area contributed by atoms with E-state index in [1.165, 1.54) is 18.3 Å². The molecule has 1 unspecified atom stereocenters. The highest BCUT2D eigenvalue weighted by atomic mass is 32.1. The first-order valence-electron chi connectivity index (χ1n) is 6.37. The average molecular weight is 314 g/mol. The molecule has 0 aromatic carbocycles. The van der Waals surface area contributed by atoms with E-state index in [0.29, 0.717) is 0 Å². The molecule has 0 radical (unpaired) electrons. The number of nitrogens with one attached hydrogen (secondary N) is 2. The first-order chi connectivity index (χ1) is 9.93. The maximum Gasteiger partial charge on any atom is 0.326 e. The lowest BCUT2D eigenvalue weighted by Gasteiger charge is -2.18. The van der Waals surface area contributed by atoms with Crippen LogP contribution in [0.3, 0.4) is 0 Å². The second-order valence-corrected chi connectivity index (χ2v) is 5.42. The molecule has 21 heavy (non-hydrogen) atoms. The zero-order chi connectivity index (χ0) is 15.8. The van der Waals surface area contributed by atoms with E-state index in [2.05, 4.69) is 10.6 Å². The maximum absolute atomic E-state index is 11.9. The minimum Gasteiger partial charge on any atom is -0.480 e. The van der Waals surface area contributed by atoms with Crippen molar-refractivity contribution in [2.45, 2.75) is 31.8 Å². The molecule has 0 fully saturated rings. The third kappa shape index (κ3) is 5.92. The van der Waals surface area contributed by atoms with Crippen LogP contribution in [0.5, 0.6) is 0 Å². The van der Waals surface area contributed by atoms with Crippen LogP contribution in [0, 0.1) is 0 Å². The summed E-state index contributed by atoms with van der Waals surface area (Å²) in [4.78, 5) is 34.9. The zero-order valence-electron chi connectivity index (χ0n) is 11.5. The summed E-state index contributed by atoms with van der Waals surface area (Å²) in [6.07, 6.45) is -0.125. The highest BCUT2D eigenvalue weighted by molar-refractivity contribution is 7.10. The van der Waals surface area contributed by atoms with Crippen LogP contribution in [0.25, 0.3) is 0 Å². The molecule has 4 N–H and O–H groups in total. The van der Waals surface area contributed by atoms with Gasteiger partial charge >= 0.3 is 5.97 Å². The average Bonchev–Trinajstić information content (AvgIpc) is 2.90. The summed E-state index contributed by atoms with van der Waals surface area (Å²) in [7, 11) is 0. The summed E-state index contributed by atoms with van der Waals surface area (Å²) in [6, 6.07) is 1.97. The van der Waals surface area contributed by atoms with Crippen molar-refractivity contribution in [1.29, 1.82) is 0 Å². The largest absolute Gasteiger partial charge is 0.480 e. The van der Waals surface area contributed by atoms with Crippen molar-refractivity contribution in [2.75, 3.05) is 6.61 Å². The molecule has 1 aromatic rings. The Morgan fingerprint density at radius 2 is 2.05 bits per heavy atom. The Morgan fingerprint density at radius 3 is 2.52 bits per heavy atom. The van der Waals surface area contributed by atoms with Gasteiger partial charge in [-0.3, -0.25) is 9.59 Å². The summed E-state index contributed by atoms with van der Waals surface area (Å²) < 4.78 is 0. The third-order valence-corrected chi connectivity index (χ3v) is 3.69. The fourth-order valence-electron chi connectivity index (χ4n) is 1.78. The van der Waals surface area contributed by atoms with E-state index in [1.807, 2.05) is 5.38 Å². The fourth-order valence-corrected chi connectivity index (χ4v) is 2.56. The Labute approximate surface area is 126 Å². The van der Waals surface area contributed by atoms with Gasteiger partial charge in [0.05, 0.1) is 12.5 Å². The first kappa shape index (κ1) is 17.1. The van der Waals surface area contributed by atoms with E-state index < -0.39 is 24.0 Å². The van der Waals surface area contributed by atoms with Crippen LogP contribution in [-0.4, -0.2) is 40.6 Å². The normalized spacial score (nSPS) is 13.2. The number of hydrogen-bond donors (Lipinski definition) is 4. The van der Waals surface area contributed by atoms with Crippen molar-refractivity contribution < 1.29 is 24.6 Å². The Bertz CT molecular complexity index is 489. The molecule has 116 valence electrons. The second kappa shape index (κ2) is 8.38. The van der Waals surface area contributed by atoms with E-state index in [9.17, 15) is 14.4 Å². The summed E-state index contributed by atoms with van der Waals surface area (Å²) in [5, 5.41) is 24.5. The Hall–Kier alpha value is -1.93. The van der Waals surface area contributed by atoms with Crippen LogP contribution >= 0.6 is 11.3 Å². The molecule has 0 aliphatic heterocycles. The van der Waals surface area contributed by atoms with Gasteiger partial charge in [-0.2, -0.15) is 0 Å². The number of carboxylic acids is 1. The number of aliphatic hydroxyl groups excluding tert-OH is 1. The highest BCUT2D eigenvalue weighted by Crippen LogP contribution is 2.22. The third-order valence-electron chi connectivity index (χ3n) is 2.70. The monoisotopic (exact) mass is 314 g/mol. The van der Waals surface area contributed by atoms with Gasteiger partial charge in [-0.15, -0.1) is 11.3 Å². The molecule has 0 aliphatic rings. The predicted molar refractivity (Wildman–Crippen MR) is 76.8 cm³/mol. The smallest absolute Gasteiger partial charge is 0.326 e. The van der Waals surface area contributed by atoms with Gasteiger partial charge in [0.15, 0.2) is 0 Å². The van der Waals surface area contributed by atoms with Gasteiger partial charge in [0, 0.05) is 24.8 Å². The lowest BCUT2D eigenvalue weighted by molar-refractivity contribution is -0.142. The topological polar surface area (TPSA) is 116 Å². The molecule has 1 aromatic heterocycles. The van der Waals surface area contributed by atoms with Crippen LogP contribution in [-0.2, 0) is 14.4 Å². The first-order valence-corrected chi connectivity index (χ1v) is 7.25. The van der Waals surface area contributed by atoms with Gasteiger partial charge in [0.25, 0.3) is 0 Å². The molecular weight excluding hydrogens is 296 g/mol.